The molecule has 1 aromatic heterocycles. The number of carbonyl (C=O) groups excluding carboxylic acids is 1. The highest BCUT2D eigenvalue weighted by molar-refractivity contribution is 7.92. The molecule has 37 heavy (non-hydrogen) atoms. The Labute approximate surface area is 211 Å². The molecule has 0 unspecified atom stereocenters. The molecular weight excluding hydrogens is 513 g/mol. The number of amides is 1. The smallest absolute Gasteiger partial charge is 0.475 e. The summed E-state index contributed by atoms with van der Waals surface area (Å²) in [6, 6.07) is 16.0. The molecule has 0 aliphatic heterocycles. The number of anilines is 1. The average molecular weight is 539 g/mol. The Hall–Kier alpha value is -3.80. The van der Waals surface area contributed by atoms with Gasteiger partial charge in [-0.25, -0.2) is 13.2 Å². The van der Waals surface area contributed by atoms with Crippen molar-refractivity contribution >= 4 is 27.6 Å². The first-order valence-electron chi connectivity index (χ1n) is 11.1. The molecule has 1 amide bonds. The highest BCUT2D eigenvalue weighted by Gasteiger charge is 2.51. The number of sulfonamides is 1. The van der Waals surface area contributed by atoms with Gasteiger partial charge in [-0.15, -0.1) is 0 Å². The zero-order valence-electron chi connectivity index (χ0n) is 19.9. The number of hydrogen-bond donors (Lipinski definition) is 3. The van der Waals surface area contributed by atoms with Crippen LogP contribution < -0.4 is 10.0 Å². The van der Waals surface area contributed by atoms with Gasteiger partial charge in [0.15, 0.2) is 0 Å². The molecule has 1 saturated carbocycles. The predicted octanol–water partition coefficient (Wildman–Crippen LogP) is 4.68. The Morgan fingerprint density at radius 1 is 1.05 bits per heavy atom. The lowest BCUT2D eigenvalue weighted by Gasteiger charge is -2.16. The van der Waals surface area contributed by atoms with Crippen LogP contribution in [0.4, 0.5) is 18.9 Å². The molecule has 1 heterocycles. The monoisotopic (exact) mass is 538 g/mol. The molecule has 2 aromatic carbocycles. The molecule has 1 aliphatic carbocycles. The predicted molar refractivity (Wildman–Crippen MR) is 128 cm³/mol. The number of aryl methyl sites for hydroxylation is 2. The lowest BCUT2D eigenvalue weighted by molar-refractivity contribution is -0.192. The van der Waals surface area contributed by atoms with Gasteiger partial charge in [-0.05, 0) is 73.7 Å². The number of carboxylic acids is 1. The molecule has 0 saturated heterocycles. The zero-order chi connectivity index (χ0) is 27.4. The number of furan rings is 1. The van der Waals surface area contributed by atoms with Gasteiger partial charge in [0.2, 0.25) is 5.91 Å². The van der Waals surface area contributed by atoms with E-state index in [4.69, 9.17) is 14.3 Å². The molecule has 0 radical (unpaired) electrons. The van der Waals surface area contributed by atoms with Crippen LogP contribution in [0.2, 0.25) is 0 Å². The van der Waals surface area contributed by atoms with Crippen LogP contribution >= 0.6 is 0 Å². The first-order valence-corrected chi connectivity index (χ1v) is 12.5. The van der Waals surface area contributed by atoms with E-state index in [1.807, 2.05) is 31.2 Å². The first-order chi connectivity index (χ1) is 17.2. The Morgan fingerprint density at radius 3 is 2.19 bits per heavy atom. The van der Waals surface area contributed by atoms with Crippen molar-refractivity contribution < 1.29 is 40.7 Å². The largest absolute Gasteiger partial charge is 0.490 e. The van der Waals surface area contributed by atoms with E-state index in [0.717, 1.165) is 24.0 Å². The second-order valence-electron chi connectivity index (χ2n) is 8.60. The van der Waals surface area contributed by atoms with E-state index in [-0.39, 0.29) is 10.8 Å². The van der Waals surface area contributed by atoms with E-state index in [0.29, 0.717) is 23.6 Å². The van der Waals surface area contributed by atoms with Crippen molar-refractivity contribution in [1.29, 1.82) is 0 Å². The molecule has 0 spiro atoms. The summed E-state index contributed by atoms with van der Waals surface area (Å²) in [6.45, 7) is 3.98. The number of nitrogens with one attached hydrogen (secondary N) is 2. The molecular formula is C25H25F3N2O6S. The van der Waals surface area contributed by atoms with Crippen LogP contribution in [0.1, 0.15) is 35.3 Å². The Balaban J connectivity index is 0.000000479. The minimum absolute atomic E-state index is 0.0392. The van der Waals surface area contributed by atoms with Crippen molar-refractivity contribution in [1.82, 2.24) is 5.32 Å². The summed E-state index contributed by atoms with van der Waals surface area (Å²) in [5.41, 5.74) is 2.37. The number of aliphatic carboxylic acids is 1. The normalized spacial score (nSPS) is 14.2. The average Bonchev–Trinajstić information content (AvgIpc) is 3.47. The third-order valence-corrected chi connectivity index (χ3v) is 7.28. The van der Waals surface area contributed by atoms with E-state index < -0.39 is 27.6 Å². The van der Waals surface area contributed by atoms with Crippen molar-refractivity contribution in [2.45, 2.75) is 49.7 Å². The van der Waals surface area contributed by atoms with Gasteiger partial charge >= 0.3 is 12.1 Å². The van der Waals surface area contributed by atoms with E-state index >= 15 is 0 Å². The van der Waals surface area contributed by atoms with E-state index in [1.165, 1.54) is 0 Å². The molecule has 12 heteroatoms. The minimum Gasteiger partial charge on any atom is -0.475 e. The lowest BCUT2D eigenvalue weighted by Crippen LogP contribution is -2.34. The van der Waals surface area contributed by atoms with Gasteiger partial charge in [0.25, 0.3) is 10.0 Å². The van der Waals surface area contributed by atoms with E-state index in [2.05, 4.69) is 10.0 Å². The summed E-state index contributed by atoms with van der Waals surface area (Å²) in [4.78, 5) is 21.9. The van der Waals surface area contributed by atoms with Gasteiger partial charge in [0.1, 0.15) is 5.76 Å². The molecule has 3 N–H and O–H groups in total. The maximum atomic E-state index is 12.8. The van der Waals surface area contributed by atoms with Crippen molar-refractivity contribution in [3.63, 3.8) is 0 Å². The van der Waals surface area contributed by atoms with Gasteiger partial charge in [0.05, 0.1) is 23.1 Å². The van der Waals surface area contributed by atoms with Gasteiger partial charge in [-0.3, -0.25) is 9.52 Å². The highest BCUT2D eigenvalue weighted by Crippen LogP contribution is 2.48. The second-order valence-corrected chi connectivity index (χ2v) is 10.2. The summed E-state index contributed by atoms with van der Waals surface area (Å²) in [6.07, 6.45) is -1.97. The van der Waals surface area contributed by atoms with Crippen LogP contribution in [0, 0.1) is 13.8 Å². The number of rotatable bonds is 7. The highest BCUT2D eigenvalue weighted by atomic mass is 32.2. The molecule has 1 fully saturated rings. The summed E-state index contributed by atoms with van der Waals surface area (Å²) >= 11 is 0. The van der Waals surface area contributed by atoms with Gasteiger partial charge in [-0.2, -0.15) is 13.2 Å². The van der Waals surface area contributed by atoms with E-state index in [9.17, 15) is 26.4 Å². The van der Waals surface area contributed by atoms with Gasteiger partial charge in [0, 0.05) is 5.69 Å². The van der Waals surface area contributed by atoms with E-state index in [1.54, 1.807) is 43.5 Å². The number of carbonyl (C=O) groups is 2. The maximum Gasteiger partial charge on any atom is 0.490 e. The molecule has 4 rings (SSSR count). The third kappa shape index (κ3) is 6.91. The van der Waals surface area contributed by atoms with Crippen LogP contribution in [-0.2, 0) is 31.6 Å². The molecule has 8 nitrogen and oxygen atoms in total. The second kappa shape index (κ2) is 10.7. The van der Waals surface area contributed by atoms with Crippen molar-refractivity contribution in [2.75, 3.05) is 4.72 Å². The Bertz CT molecular complexity index is 1360. The fourth-order valence-electron chi connectivity index (χ4n) is 3.59. The number of benzene rings is 2. The van der Waals surface area contributed by atoms with Crippen LogP contribution in [0.25, 0.3) is 0 Å². The lowest BCUT2D eigenvalue weighted by atomic mass is 9.95. The maximum absolute atomic E-state index is 12.8. The van der Waals surface area contributed by atoms with Crippen LogP contribution in [0.5, 0.6) is 0 Å². The summed E-state index contributed by atoms with van der Waals surface area (Å²) in [5.74, 6) is -2.09. The topological polar surface area (TPSA) is 126 Å². The van der Waals surface area contributed by atoms with Crippen LogP contribution in [0.3, 0.4) is 0 Å². The zero-order valence-corrected chi connectivity index (χ0v) is 20.7. The number of hydrogen-bond acceptors (Lipinski definition) is 5. The van der Waals surface area contributed by atoms with Crippen LogP contribution in [-0.4, -0.2) is 31.6 Å². The molecule has 0 bridgehead atoms. The summed E-state index contributed by atoms with van der Waals surface area (Å²) < 4.78 is 65.2. The summed E-state index contributed by atoms with van der Waals surface area (Å²) in [7, 11) is -3.69. The Morgan fingerprint density at radius 2 is 1.68 bits per heavy atom. The van der Waals surface area contributed by atoms with Crippen molar-refractivity contribution in [3.8, 4) is 0 Å². The Kier molecular flexibility index (Phi) is 8.01. The molecule has 3 aromatic rings. The SMILES string of the molecule is Cc1ccc(C)c(S(=O)(=O)Nc2ccc(C3(C(=O)NCc4ccco4)CC3)cc2)c1.O=C(O)C(F)(F)F. The minimum atomic E-state index is -5.08. The van der Waals surface area contributed by atoms with Crippen LogP contribution in [0.15, 0.2) is 70.2 Å². The third-order valence-electron chi connectivity index (χ3n) is 5.75. The fraction of sp³-hybridized carbons (Fsp3) is 0.280. The summed E-state index contributed by atoms with van der Waals surface area (Å²) in [5, 5.41) is 10.1. The number of alkyl halides is 3. The van der Waals surface area contributed by atoms with Crippen molar-refractivity contribution in [2.24, 2.45) is 0 Å². The first kappa shape index (κ1) is 27.8. The standard InChI is InChI=1S/C23H24N2O4S.C2HF3O2/c1-16-5-6-17(2)21(14-16)30(27,28)25-19-9-7-18(8-10-19)23(11-12-23)22(26)24-15-20-4-3-13-29-20;3-2(4,5)1(6)7/h3-10,13-14,25H,11-12,15H2,1-2H3,(H,24,26);(H,6,7). The number of carboxylic acid groups (broad SMARTS) is 1. The van der Waals surface area contributed by atoms with Gasteiger partial charge in [-0.1, -0.05) is 24.3 Å². The number of halogens is 3. The quantitative estimate of drug-likeness (QED) is 0.401. The van der Waals surface area contributed by atoms with Crippen molar-refractivity contribution in [3.05, 3.63) is 83.3 Å². The molecule has 198 valence electrons. The molecule has 1 aliphatic rings. The molecule has 0 atom stereocenters. The fourth-order valence-corrected chi connectivity index (χ4v) is 4.98. The van der Waals surface area contributed by atoms with Gasteiger partial charge < -0.3 is 14.8 Å².